The average molecular weight is 332 g/mol. The summed E-state index contributed by atoms with van der Waals surface area (Å²) in [5, 5.41) is 3.01. The van der Waals surface area contributed by atoms with Crippen molar-refractivity contribution in [3.05, 3.63) is 60.2 Å². The van der Waals surface area contributed by atoms with Gasteiger partial charge >= 0.3 is 0 Å². The van der Waals surface area contributed by atoms with E-state index in [4.69, 9.17) is 5.84 Å². The molecule has 8 heteroatoms. The molecule has 2 aromatic rings. The van der Waals surface area contributed by atoms with Gasteiger partial charge in [-0.3, -0.25) is 15.6 Å². The van der Waals surface area contributed by atoms with Crippen LogP contribution in [0.25, 0.3) is 0 Å². The van der Waals surface area contributed by atoms with Gasteiger partial charge in [0, 0.05) is 0 Å². The van der Waals surface area contributed by atoms with Gasteiger partial charge in [0.05, 0.1) is 10.6 Å². The monoisotopic (exact) mass is 332 g/mol. The number of nitrogens with one attached hydrogen (secondary N) is 2. The standard InChI is InChI=1S/C15H16N4O3S/c1-11-7-9-12(10-8-11)18-19-15(14(20)17-16)23(21,22)13-5-3-2-4-6-13/h2-10,18H,16H2,1H3,(H,17,20)/b19-15+. The number of carbonyl (C=O) groups is 1. The third-order valence-corrected chi connectivity index (χ3v) is 4.65. The van der Waals surface area contributed by atoms with Crippen molar-refractivity contribution < 1.29 is 13.2 Å². The summed E-state index contributed by atoms with van der Waals surface area (Å²) in [6, 6.07) is 14.6. The van der Waals surface area contributed by atoms with Crippen LogP contribution < -0.4 is 16.7 Å². The first kappa shape index (κ1) is 16.7. The molecule has 0 unspecified atom stereocenters. The van der Waals surface area contributed by atoms with Crippen LogP contribution in [0.4, 0.5) is 5.69 Å². The fourth-order valence-electron chi connectivity index (χ4n) is 1.75. The summed E-state index contributed by atoms with van der Waals surface area (Å²) in [6.07, 6.45) is 0. The first-order valence-electron chi connectivity index (χ1n) is 6.66. The zero-order chi connectivity index (χ0) is 16.9. The molecule has 0 aliphatic rings. The van der Waals surface area contributed by atoms with Crippen molar-refractivity contribution in [2.75, 3.05) is 5.43 Å². The van der Waals surface area contributed by atoms with Crippen LogP contribution in [0.1, 0.15) is 5.56 Å². The predicted octanol–water partition coefficient (Wildman–Crippen LogP) is 1.18. The van der Waals surface area contributed by atoms with Crippen LogP contribution in [0.5, 0.6) is 0 Å². The fourth-order valence-corrected chi connectivity index (χ4v) is 2.96. The maximum atomic E-state index is 12.5. The predicted molar refractivity (Wildman–Crippen MR) is 88.2 cm³/mol. The number of hydrazine groups is 1. The second-order valence-corrected chi connectivity index (χ2v) is 6.55. The Morgan fingerprint density at radius 2 is 1.65 bits per heavy atom. The molecule has 1 amide bonds. The van der Waals surface area contributed by atoms with Crippen LogP contribution in [0.15, 0.2) is 64.6 Å². The highest BCUT2D eigenvalue weighted by Crippen LogP contribution is 2.14. The molecule has 0 spiro atoms. The van der Waals surface area contributed by atoms with Gasteiger partial charge in [-0.25, -0.2) is 14.3 Å². The summed E-state index contributed by atoms with van der Waals surface area (Å²) in [7, 11) is -4.10. The first-order chi connectivity index (χ1) is 10.9. The van der Waals surface area contributed by atoms with Crippen molar-refractivity contribution in [1.82, 2.24) is 5.43 Å². The Kier molecular flexibility index (Phi) is 5.09. The minimum absolute atomic E-state index is 0.0481. The highest BCUT2D eigenvalue weighted by atomic mass is 32.2. The van der Waals surface area contributed by atoms with Gasteiger partial charge in [-0.1, -0.05) is 35.9 Å². The SMILES string of the molecule is Cc1ccc(N/N=C(\C(=O)NN)S(=O)(=O)c2ccccc2)cc1. The van der Waals surface area contributed by atoms with Gasteiger partial charge in [-0.05, 0) is 31.2 Å². The summed E-state index contributed by atoms with van der Waals surface area (Å²) in [5.41, 5.74) is 5.93. The molecular formula is C15H16N4O3S. The zero-order valence-corrected chi connectivity index (χ0v) is 13.2. The molecule has 23 heavy (non-hydrogen) atoms. The van der Waals surface area contributed by atoms with Crippen molar-refractivity contribution >= 4 is 26.5 Å². The number of hydrogen-bond acceptors (Lipinski definition) is 6. The van der Waals surface area contributed by atoms with Crippen LogP contribution in [0.3, 0.4) is 0 Å². The number of benzene rings is 2. The summed E-state index contributed by atoms with van der Waals surface area (Å²) in [5.74, 6) is 4.06. The topological polar surface area (TPSA) is 114 Å². The lowest BCUT2D eigenvalue weighted by molar-refractivity contribution is -0.114. The van der Waals surface area contributed by atoms with E-state index >= 15 is 0 Å². The molecule has 0 saturated carbocycles. The molecule has 0 aliphatic heterocycles. The Labute approximate surface area is 134 Å². The van der Waals surface area contributed by atoms with E-state index in [-0.39, 0.29) is 4.90 Å². The summed E-state index contributed by atoms with van der Waals surface area (Å²) >= 11 is 0. The second-order valence-electron chi connectivity index (χ2n) is 4.68. The molecule has 0 radical (unpaired) electrons. The molecule has 0 atom stereocenters. The smallest absolute Gasteiger partial charge is 0.288 e. The molecule has 4 N–H and O–H groups in total. The number of hydrogen-bond donors (Lipinski definition) is 3. The van der Waals surface area contributed by atoms with Gasteiger partial charge < -0.3 is 0 Å². The summed E-state index contributed by atoms with van der Waals surface area (Å²) in [6.45, 7) is 1.92. The Bertz CT molecular complexity index is 816. The van der Waals surface area contributed by atoms with E-state index in [0.717, 1.165) is 5.56 Å². The third-order valence-electron chi connectivity index (χ3n) is 2.97. The average Bonchev–Trinajstić information content (AvgIpc) is 2.57. The molecular weight excluding hydrogens is 316 g/mol. The molecule has 0 bridgehead atoms. The van der Waals surface area contributed by atoms with E-state index in [9.17, 15) is 13.2 Å². The number of anilines is 1. The quantitative estimate of drug-likeness (QED) is 0.257. The fraction of sp³-hybridized carbons (Fsp3) is 0.0667. The van der Waals surface area contributed by atoms with Crippen LogP contribution in [0.2, 0.25) is 0 Å². The lowest BCUT2D eigenvalue weighted by Crippen LogP contribution is -2.40. The Morgan fingerprint density at radius 3 is 2.22 bits per heavy atom. The molecule has 0 saturated heterocycles. The van der Waals surface area contributed by atoms with Crippen LogP contribution >= 0.6 is 0 Å². The van der Waals surface area contributed by atoms with E-state index < -0.39 is 20.8 Å². The minimum Gasteiger partial charge on any atom is -0.288 e. The minimum atomic E-state index is -4.10. The lowest BCUT2D eigenvalue weighted by Gasteiger charge is -2.08. The van der Waals surface area contributed by atoms with Crippen LogP contribution in [-0.4, -0.2) is 19.4 Å². The molecule has 2 aromatic carbocycles. The number of aryl methyl sites for hydroxylation is 1. The molecule has 0 fully saturated rings. The maximum Gasteiger partial charge on any atom is 0.297 e. The largest absolute Gasteiger partial charge is 0.297 e. The van der Waals surface area contributed by atoms with Gasteiger partial charge in [0.1, 0.15) is 0 Å². The number of nitrogens with zero attached hydrogens (tertiary/aromatic N) is 1. The third kappa shape index (κ3) is 3.93. The van der Waals surface area contributed by atoms with Gasteiger partial charge in [-0.15, -0.1) is 0 Å². The molecule has 7 nitrogen and oxygen atoms in total. The Morgan fingerprint density at radius 1 is 1.04 bits per heavy atom. The van der Waals surface area contributed by atoms with Crippen LogP contribution in [-0.2, 0) is 14.6 Å². The Hall–Kier alpha value is -2.71. The molecule has 120 valence electrons. The van der Waals surface area contributed by atoms with Crippen molar-refractivity contribution in [3.8, 4) is 0 Å². The number of rotatable bonds is 3. The first-order valence-corrected chi connectivity index (χ1v) is 8.15. The lowest BCUT2D eigenvalue weighted by atomic mass is 10.2. The maximum absolute atomic E-state index is 12.5. The molecule has 0 heterocycles. The summed E-state index contributed by atoms with van der Waals surface area (Å²) < 4.78 is 25.0. The Balaban J connectivity index is 2.39. The van der Waals surface area contributed by atoms with Crippen molar-refractivity contribution in [3.63, 3.8) is 0 Å². The number of amides is 1. The van der Waals surface area contributed by atoms with Crippen molar-refractivity contribution in [2.24, 2.45) is 10.9 Å². The van der Waals surface area contributed by atoms with E-state index in [1.165, 1.54) is 12.1 Å². The van der Waals surface area contributed by atoms with Gasteiger partial charge in [0.25, 0.3) is 5.91 Å². The second kappa shape index (κ2) is 7.03. The molecule has 0 aliphatic carbocycles. The zero-order valence-electron chi connectivity index (χ0n) is 12.4. The van der Waals surface area contributed by atoms with Crippen molar-refractivity contribution in [2.45, 2.75) is 11.8 Å². The van der Waals surface area contributed by atoms with Gasteiger partial charge in [0.15, 0.2) is 0 Å². The van der Waals surface area contributed by atoms with E-state index in [1.54, 1.807) is 35.8 Å². The van der Waals surface area contributed by atoms with E-state index in [1.807, 2.05) is 19.1 Å². The highest BCUT2D eigenvalue weighted by Gasteiger charge is 2.29. The highest BCUT2D eigenvalue weighted by molar-refractivity contribution is 8.08. The van der Waals surface area contributed by atoms with Crippen LogP contribution in [0, 0.1) is 6.92 Å². The van der Waals surface area contributed by atoms with Gasteiger partial charge in [-0.2, -0.15) is 5.10 Å². The summed E-state index contributed by atoms with van der Waals surface area (Å²) in [4.78, 5) is 11.8. The number of hydrazone groups is 1. The normalized spacial score (nSPS) is 11.8. The van der Waals surface area contributed by atoms with E-state index in [2.05, 4.69) is 10.5 Å². The molecule has 0 aromatic heterocycles. The number of nitrogens with two attached hydrogens (primary N) is 1. The number of carbonyl (C=O) groups excluding carboxylic acids is 1. The van der Waals surface area contributed by atoms with Crippen molar-refractivity contribution in [1.29, 1.82) is 0 Å². The van der Waals surface area contributed by atoms with E-state index in [0.29, 0.717) is 5.69 Å². The molecule has 2 rings (SSSR count). The number of sulfone groups is 1. The van der Waals surface area contributed by atoms with Gasteiger partial charge in [0.2, 0.25) is 14.9 Å².